The van der Waals surface area contributed by atoms with E-state index in [1.807, 2.05) is 12.1 Å². The third kappa shape index (κ3) is 2.75. The lowest BCUT2D eigenvalue weighted by Gasteiger charge is -2.22. The van der Waals surface area contributed by atoms with Crippen molar-refractivity contribution in [3.63, 3.8) is 0 Å². The van der Waals surface area contributed by atoms with Crippen LogP contribution in [0.3, 0.4) is 0 Å². The third-order valence-corrected chi connectivity index (χ3v) is 4.49. The van der Waals surface area contributed by atoms with Gasteiger partial charge in [-0.2, -0.15) is 0 Å². The number of carbonyl (C=O) groups is 1. The lowest BCUT2D eigenvalue weighted by molar-refractivity contribution is -0.122. The van der Waals surface area contributed by atoms with Crippen molar-refractivity contribution in [1.82, 2.24) is 5.32 Å². The van der Waals surface area contributed by atoms with E-state index in [1.165, 1.54) is 0 Å². The molecule has 0 radical (unpaired) electrons. The summed E-state index contributed by atoms with van der Waals surface area (Å²) in [5.74, 6) is 2.46. The van der Waals surface area contributed by atoms with E-state index >= 15 is 0 Å². The molecule has 1 amide bonds. The average molecular weight is 277 g/mol. The number of rotatable bonds is 5. The maximum absolute atomic E-state index is 12.2. The van der Waals surface area contributed by atoms with Crippen LogP contribution in [-0.4, -0.2) is 25.2 Å². The molecule has 1 aromatic heterocycles. The summed E-state index contributed by atoms with van der Waals surface area (Å²) in [5, 5.41) is 3.10. The zero-order valence-electron chi connectivity index (χ0n) is 12.2. The highest BCUT2D eigenvalue weighted by Crippen LogP contribution is 2.47. The van der Waals surface area contributed by atoms with Crippen LogP contribution < -0.4 is 5.32 Å². The summed E-state index contributed by atoms with van der Waals surface area (Å²) in [5.41, 5.74) is 0. The van der Waals surface area contributed by atoms with Crippen molar-refractivity contribution < 1.29 is 13.9 Å². The van der Waals surface area contributed by atoms with Crippen LogP contribution in [0.15, 0.2) is 22.8 Å². The fourth-order valence-corrected chi connectivity index (χ4v) is 3.28. The first-order valence-electron chi connectivity index (χ1n) is 7.59. The van der Waals surface area contributed by atoms with Crippen LogP contribution in [0.5, 0.6) is 0 Å². The third-order valence-electron chi connectivity index (χ3n) is 4.49. The molecule has 4 atom stereocenters. The van der Waals surface area contributed by atoms with Crippen LogP contribution >= 0.6 is 0 Å². The van der Waals surface area contributed by atoms with Gasteiger partial charge in [-0.25, -0.2) is 0 Å². The number of hydrogen-bond acceptors (Lipinski definition) is 3. The highest BCUT2D eigenvalue weighted by atomic mass is 16.5. The summed E-state index contributed by atoms with van der Waals surface area (Å²) in [7, 11) is 0. The van der Waals surface area contributed by atoms with Gasteiger partial charge in [-0.3, -0.25) is 4.79 Å². The Labute approximate surface area is 119 Å². The molecule has 110 valence electrons. The summed E-state index contributed by atoms with van der Waals surface area (Å²) < 4.78 is 11.1. The molecule has 20 heavy (non-hydrogen) atoms. The first-order valence-corrected chi connectivity index (χ1v) is 7.59. The topological polar surface area (TPSA) is 51.5 Å². The Balaban J connectivity index is 1.46. The predicted octanol–water partition coefficient (Wildman–Crippen LogP) is 2.56. The van der Waals surface area contributed by atoms with Gasteiger partial charge in [0.25, 0.3) is 0 Å². The van der Waals surface area contributed by atoms with Crippen molar-refractivity contribution in [2.45, 2.75) is 38.7 Å². The number of ether oxygens (including phenoxy) is 1. The van der Waals surface area contributed by atoms with Crippen molar-refractivity contribution in [3.05, 3.63) is 24.2 Å². The smallest absolute Gasteiger partial charge is 0.223 e. The summed E-state index contributed by atoms with van der Waals surface area (Å²) in [6.45, 7) is 5.92. The van der Waals surface area contributed by atoms with Crippen LogP contribution in [0.25, 0.3) is 0 Å². The minimum atomic E-state index is 0.0981. The van der Waals surface area contributed by atoms with Crippen molar-refractivity contribution in [1.29, 1.82) is 0 Å². The minimum Gasteiger partial charge on any atom is -0.469 e. The van der Waals surface area contributed by atoms with Gasteiger partial charge in [0.15, 0.2) is 0 Å². The molecule has 0 aromatic carbocycles. The van der Waals surface area contributed by atoms with E-state index in [2.05, 4.69) is 19.2 Å². The van der Waals surface area contributed by atoms with Gasteiger partial charge in [0.1, 0.15) is 5.76 Å². The number of nitrogens with one attached hydrogen (secondary N) is 1. The van der Waals surface area contributed by atoms with Gasteiger partial charge in [-0.05, 0) is 30.9 Å². The molecule has 4 nitrogen and oxygen atoms in total. The second-order valence-electron chi connectivity index (χ2n) is 6.34. The predicted molar refractivity (Wildman–Crippen MR) is 75.3 cm³/mol. The zero-order chi connectivity index (χ0) is 14.1. The minimum absolute atomic E-state index is 0.0981. The fraction of sp³-hybridized carbons (Fsp3) is 0.688. The molecule has 1 saturated carbocycles. The standard InChI is InChI=1S/C16H23NO3/c1-10(2)15-11(5-7-20-15)9-17-16(18)13-8-12(13)14-4-3-6-19-14/h3-4,6,10-13,15H,5,7-9H2,1-2H3,(H,17,18)/t11-,12-,13+,15-/m1/s1. The second-order valence-corrected chi connectivity index (χ2v) is 6.34. The lowest BCUT2D eigenvalue weighted by atomic mass is 9.93. The van der Waals surface area contributed by atoms with Gasteiger partial charge in [0, 0.05) is 30.9 Å². The molecule has 3 rings (SSSR count). The second kappa shape index (κ2) is 5.60. The van der Waals surface area contributed by atoms with Crippen molar-refractivity contribution in [3.8, 4) is 0 Å². The van der Waals surface area contributed by atoms with Gasteiger partial charge in [-0.15, -0.1) is 0 Å². The van der Waals surface area contributed by atoms with Crippen LogP contribution in [0.1, 0.15) is 38.4 Å². The molecule has 0 unspecified atom stereocenters. The summed E-state index contributed by atoms with van der Waals surface area (Å²) >= 11 is 0. The Morgan fingerprint density at radius 1 is 1.50 bits per heavy atom. The first-order chi connectivity index (χ1) is 9.66. The van der Waals surface area contributed by atoms with E-state index in [9.17, 15) is 4.79 Å². The van der Waals surface area contributed by atoms with Gasteiger partial charge < -0.3 is 14.5 Å². The Morgan fingerprint density at radius 2 is 2.35 bits per heavy atom. The first kappa shape index (κ1) is 13.7. The molecule has 0 spiro atoms. The van der Waals surface area contributed by atoms with E-state index in [0.29, 0.717) is 11.8 Å². The van der Waals surface area contributed by atoms with Crippen LogP contribution in [-0.2, 0) is 9.53 Å². The quantitative estimate of drug-likeness (QED) is 0.900. The molecular weight excluding hydrogens is 254 g/mol. The summed E-state index contributed by atoms with van der Waals surface area (Å²) in [4.78, 5) is 12.2. The highest BCUT2D eigenvalue weighted by molar-refractivity contribution is 5.82. The molecule has 2 aliphatic rings. The van der Waals surface area contributed by atoms with Crippen LogP contribution in [0.2, 0.25) is 0 Å². The molecule has 0 bridgehead atoms. The lowest BCUT2D eigenvalue weighted by Crippen LogP contribution is -2.35. The summed E-state index contributed by atoms with van der Waals surface area (Å²) in [6, 6.07) is 3.84. The number of hydrogen-bond donors (Lipinski definition) is 1. The molecule has 2 heterocycles. The van der Waals surface area contributed by atoms with Gasteiger partial charge >= 0.3 is 0 Å². The van der Waals surface area contributed by atoms with E-state index in [-0.39, 0.29) is 23.8 Å². The Kier molecular flexibility index (Phi) is 3.83. The number of carbonyl (C=O) groups excluding carboxylic acids is 1. The van der Waals surface area contributed by atoms with Crippen molar-refractivity contribution >= 4 is 5.91 Å². The Morgan fingerprint density at radius 3 is 3.05 bits per heavy atom. The van der Waals surface area contributed by atoms with Gasteiger partial charge in [0.2, 0.25) is 5.91 Å². The molecule has 1 aromatic rings. The molecule has 1 aliphatic heterocycles. The molecule has 2 fully saturated rings. The van der Waals surface area contributed by atoms with E-state index < -0.39 is 0 Å². The van der Waals surface area contributed by atoms with Gasteiger partial charge in [0.05, 0.1) is 12.4 Å². The molecule has 1 saturated heterocycles. The van der Waals surface area contributed by atoms with E-state index in [4.69, 9.17) is 9.15 Å². The van der Waals surface area contributed by atoms with E-state index in [1.54, 1.807) is 6.26 Å². The summed E-state index contributed by atoms with van der Waals surface area (Å²) in [6.07, 6.45) is 3.92. The Hall–Kier alpha value is -1.29. The molecular formula is C16H23NO3. The number of amides is 1. The molecule has 4 heteroatoms. The molecule has 1 aliphatic carbocycles. The van der Waals surface area contributed by atoms with Crippen LogP contribution in [0.4, 0.5) is 0 Å². The largest absolute Gasteiger partial charge is 0.469 e. The van der Waals surface area contributed by atoms with Crippen LogP contribution in [0, 0.1) is 17.8 Å². The zero-order valence-corrected chi connectivity index (χ0v) is 12.2. The normalized spacial score (nSPS) is 32.5. The maximum atomic E-state index is 12.2. The average Bonchev–Trinajstić information content (AvgIpc) is 2.88. The monoisotopic (exact) mass is 277 g/mol. The number of furan rings is 1. The maximum Gasteiger partial charge on any atom is 0.223 e. The van der Waals surface area contributed by atoms with Crippen molar-refractivity contribution in [2.75, 3.05) is 13.2 Å². The fourth-order valence-electron chi connectivity index (χ4n) is 3.28. The molecule has 1 N–H and O–H groups in total. The highest BCUT2D eigenvalue weighted by Gasteiger charge is 2.46. The van der Waals surface area contributed by atoms with Crippen molar-refractivity contribution in [2.24, 2.45) is 17.8 Å². The van der Waals surface area contributed by atoms with E-state index in [0.717, 1.165) is 31.8 Å². The van der Waals surface area contributed by atoms with Gasteiger partial charge in [-0.1, -0.05) is 13.8 Å². The SMILES string of the molecule is CC(C)[C@H]1OCC[C@@H]1CNC(=O)[C@H]1C[C@H]1c1ccco1. The Bertz CT molecular complexity index is 454.